The first-order chi connectivity index (χ1) is 9.45. The Morgan fingerprint density at radius 2 is 1.75 bits per heavy atom. The van der Waals surface area contributed by atoms with Gasteiger partial charge in [-0.3, -0.25) is 4.79 Å². The van der Waals surface area contributed by atoms with Gasteiger partial charge in [0, 0.05) is 29.9 Å². The molecular formula is C14H16N2O3S. The van der Waals surface area contributed by atoms with Crippen molar-refractivity contribution in [3.63, 3.8) is 0 Å². The summed E-state index contributed by atoms with van der Waals surface area (Å²) in [4.78, 5) is 11.4. The van der Waals surface area contributed by atoms with Gasteiger partial charge in [-0.25, -0.2) is 13.1 Å². The van der Waals surface area contributed by atoms with Crippen LogP contribution in [0.4, 0.5) is 5.69 Å². The zero-order valence-corrected chi connectivity index (χ0v) is 12.1. The standard InChI is InChI=1S/C14H16N2O3S/c1-3-15-20(18,19)14-9-5-6-11-12(14)7-4-8-13(11)16-10(2)17/h4-9,15H,3H2,1-2H3,(H,16,17). The van der Waals surface area contributed by atoms with Crippen LogP contribution in [0.3, 0.4) is 0 Å². The van der Waals surface area contributed by atoms with E-state index in [1.807, 2.05) is 0 Å². The number of hydrogen-bond donors (Lipinski definition) is 2. The molecule has 0 spiro atoms. The molecule has 0 unspecified atom stereocenters. The second kappa shape index (κ2) is 5.60. The van der Waals surface area contributed by atoms with Crippen molar-refractivity contribution in [2.45, 2.75) is 18.7 Å². The van der Waals surface area contributed by atoms with E-state index in [1.54, 1.807) is 43.3 Å². The number of sulfonamides is 1. The SMILES string of the molecule is CCNS(=O)(=O)c1cccc2c(NC(C)=O)cccc12. The first-order valence-corrected chi connectivity index (χ1v) is 7.73. The monoisotopic (exact) mass is 292 g/mol. The van der Waals surface area contributed by atoms with Gasteiger partial charge in [-0.15, -0.1) is 0 Å². The second-order valence-electron chi connectivity index (χ2n) is 4.34. The van der Waals surface area contributed by atoms with Gasteiger partial charge < -0.3 is 5.32 Å². The van der Waals surface area contributed by atoms with E-state index >= 15 is 0 Å². The molecule has 0 aliphatic carbocycles. The zero-order chi connectivity index (χ0) is 14.8. The maximum atomic E-state index is 12.2. The smallest absolute Gasteiger partial charge is 0.241 e. The molecule has 0 saturated heterocycles. The topological polar surface area (TPSA) is 75.3 Å². The maximum absolute atomic E-state index is 12.2. The maximum Gasteiger partial charge on any atom is 0.241 e. The van der Waals surface area contributed by atoms with Crippen molar-refractivity contribution >= 4 is 32.4 Å². The van der Waals surface area contributed by atoms with E-state index in [-0.39, 0.29) is 10.8 Å². The molecule has 0 atom stereocenters. The van der Waals surface area contributed by atoms with Crippen molar-refractivity contribution in [3.8, 4) is 0 Å². The molecule has 1 amide bonds. The molecule has 0 aromatic heterocycles. The molecule has 2 aromatic carbocycles. The van der Waals surface area contributed by atoms with Crippen molar-refractivity contribution < 1.29 is 13.2 Å². The minimum absolute atomic E-state index is 0.197. The molecule has 5 nitrogen and oxygen atoms in total. The Morgan fingerprint density at radius 1 is 1.10 bits per heavy atom. The molecule has 0 bridgehead atoms. The van der Waals surface area contributed by atoms with Crippen LogP contribution in [0.5, 0.6) is 0 Å². The Hall–Kier alpha value is -1.92. The molecule has 0 radical (unpaired) electrons. The molecule has 20 heavy (non-hydrogen) atoms. The number of hydrogen-bond acceptors (Lipinski definition) is 3. The highest BCUT2D eigenvalue weighted by Gasteiger charge is 2.16. The number of carbonyl (C=O) groups is 1. The summed E-state index contributed by atoms with van der Waals surface area (Å²) in [5.74, 6) is -0.197. The first-order valence-electron chi connectivity index (χ1n) is 6.24. The van der Waals surface area contributed by atoms with Crippen molar-refractivity contribution in [1.82, 2.24) is 4.72 Å². The summed E-state index contributed by atoms with van der Waals surface area (Å²) in [5, 5.41) is 3.98. The van der Waals surface area contributed by atoms with Crippen molar-refractivity contribution in [1.29, 1.82) is 0 Å². The molecular weight excluding hydrogens is 276 g/mol. The summed E-state index contributed by atoms with van der Waals surface area (Å²) in [5.41, 5.74) is 0.601. The number of benzene rings is 2. The fourth-order valence-corrected chi connectivity index (χ4v) is 3.34. The summed E-state index contributed by atoms with van der Waals surface area (Å²) >= 11 is 0. The van der Waals surface area contributed by atoms with E-state index in [0.29, 0.717) is 23.0 Å². The van der Waals surface area contributed by atoms with Crippen LogP contribution in [0.2, 0.25) is 0 Å². The highest BCUT2D eigenvalue weighted by Crippen LogP contribution is 2.28. The van der Waals surface area contributed by atoms with Gasteiger partial charge in [0.1, 0.15) is 0 Å². The van der Waals surface area contributed by atoms with E-state index < -0.39 is 10.0 Å². The van der Waals surface area contributed by atoms with E-state index in [4.69, 9.17) is 0 Å². The van der Waals surface area contributed by atoms with E-state index in [9.17, 15) is 13.2 Å². The van der Waals surface area contributed by atoms with Crippen molar-refractivity contribution in [3.05, 3.63) is 36.4 Å². The summed E-state index contributed by atoms with van der Waals surface area (Å²) < 4.78 is 26.8. The molecule has 0 heterocycles. The van der Waals surface area contributed by atoms with Gasteiger partial charge in [0.05, 0.1) is 4.90 Å². The largest absolute Gasteiger partial charge is 0.326 e. The van der Waals surface area contributed by atoms with Crippen LogP contribution < -0.4 is 10.0 Å². The third-order valence-electron chi connectivity index (χ3n) is 2.82. The third kappa shape index (κ3) is 2.81. The highest BCUT2D eigenvalue weighted by molar-refractivity contribution is 7.89. The van der Waals surface area contributed by atoms with Crippen molar-refractivity contribution in [2.24, 2.45) is 0 Å². The van der Waals surface area contributed by atoms with Gasteiger partial charge >= 0.3 is 0 Å². The average Bonchev–Trinajstić information content (AvgIpc) is 2.37. The number of anilines is 1. The Bertz CT molecular complexity index is 754. The van der Waals surface area contributed by atoms with Crippen molar-refractivity contribution in [2.75, 3.05) is 11.9 Å². The zero-order valence-electron chi connectivity index (χ0n) is 11.3. The molecule has 0 aliphatic rings. The minimum atomic E-state index is -3.54. The Labute approximate surface area is 118 Å². The summed E-state index contributed by atoms with van der Waals surface area (Å²) in [6.45, 7) is 3.47. The van der Waals surface area contributed by atoms with E-state index in [1.165, 1.54) is 6.92 Å². The van der Waals surface area contributed by atoms with Crippen LogP contribution in [-0.2, 0) is 14.8 Å². The lowest BCUT2D eigenvalue weighted by Crippen LogP contribution is -2.23. The Balaban J connectivity index is 2.68. The summed E-state index contributed by atoms with van der Waals surface area (Å²) in [7, 11) is -3.54. The van der Waals surface area contributed by atoms with Gasteiger partial charge in [-0.05, 0) is 12.1 Å². The number of rotatable bonds is 4. The van der Waals surface area contributed by atoms with E-state index in [0.717, 1.165) is 0 Å². The molecule has 0 fully saturated rings. The Morgan fingerprint density at radius 3 is 2.40 bits per heavy atom. The van der Waals surface area contributed by atoms with Gasteiger partial charge in [0.2, 0.25) is 15.9 Å². The second-order valence-corrected chi connectivity index (χ2v) is 6.07. The summed E-state index contributed by atoms with van der Waals surface area (Å²) in [6, 6.07) is 10.2. The first kappa shape index (κ1) is 14.5. The lowest BCUT2D eigenvalue weighted by molar-refractivity contribution is -0.114. The molecule has 0 aliphatic heterocycles. The van der Waals surface area contributed by atoms with Gasteiger partial charge in [-0.2, -0.15) is 0 Å². The van der Waals surface area contributed by atoms with Crippen LogP contribution in [0.15, 0.2) is 41.3 Å². The lowest BCUT2D eigenvalue weighted by Gasteiger charge is -2.11. The van der Waals surface area contributed by atoms with E-state index in [2.05, 4.69) is 10.0 Å². The third-order valence-corrected chi connectivity index (χ3v) is 4.42. The van der Waals surface area contributed by atoms with Crippen LogP contribution in [-0.4, -0.2) is 20.9 Å². The van der Waals surface area contributed by atoms with Gasteiger partial charge in [0.25, 0.3) is 0 Å². The minimum Gasteiger partial charge on any atom is -0.326 e. The predicted octanol–water partition coefficient (Wildman–Crippen LogP) is 2.10. The Kier molecular flexibility index (Phi) is 4.06. The fraction of sp³-hybridized carbons (Fsp3) is 0.214. The molecule has 0 saturated carbocycles. The van der Waals surface area contributed by atoms with Crippen LogP contribution in [0.25, 0.3) is 10.8 Å². The predicted molar refractivity (Wildman–Crippen MR) is 79.1 cm³/mol. The number of nitrogens with one attached hydrogen (secondary N) is 2. The quantitative estimate of drug-likeness (QED) is 0.906. The summed E-state index contributed by atoms with van der Waals surface area (Å²) in [6.07, 6.45) is 0. The normalized spacial score (nSPS) is 11.5. The molecule has 2 aromatic rings. The lowest BCUT2D eigenvalue weighted by atomic mass is 10.1. The fourth-order valence-electron chi connectivity index (χ4n) is 2.08. The van der Waals surface area contributed by atoms with Gasteiger partial charge in [0.15, 0.2) is 0 Å². The van der Waals surface area contributed by atoms with Crippen LogP contribution in [0, 0.1) is 0 Å². The molecule has 2 N–H and O–H groups in total. The number of fused-ring (bicyclic) bond motifs is 1. The average molecular weight is 292 g/mol. The highest BCUT2D eigenvalue weighted by atomic mass is 32.2. The van der Waals surface area contributed by atoms with Crippen LogP contribution >= 0.6 is 0 Å². The van der Waals surface area contributed by atoms with Gasteiger partial charge in [-0.1, -0.05) is 31.2 Å². The number of carbonyl (C=O) groups excluding carboxylic acids is 1. The molecule has 106 valence electrons. The molecule has 6 heteroatoms. The number of amides is 1. The van der Waals surface area contributed by atoms with Crippen LogP contribution in [0.1, 0.15) is 13.8 Å². The molecule has 2 rings (SSSR count).